The van der Waals surface area contributed by atoms with Gasteiger partial charge in [-0.15, -0.1) is 0 Å². The van der Waals surface area contributed by atoms with Gasteiger partial charge in [0.15, 0.2) is 6.61 Å². The van der Waals surface area contributed by atoms with Crippen molar-refractivity contribution in [3.05, 3.63) is 34.9 Å². The van der Waals surface area contributed by atoms with Crippen molar-refractivity contribution < 1.29 is 23.9 Å². The lowest BCUT2D eigenvalue weighted by Gasteiger charge is -2.36. The topological polar surface area (TPSA) is 72.9 Å². The highest BCUT2D eigenvalue weighted by Gasteiger charge is 2.43. The van der Waals surface area contributed by atoms with E-state index in [1.54, 1.807) is 11.0 Å². The molecule has 1 amide bonds. The Bertz CT molecular complexity index is 751. The molecule has 158 valence electrons. The molecule has 2 fully saturated rings. The van der Waals surface area contributed by atoms with Gasteiger partial charge >= 0.3 is 11.9 Å². The number of ether oxygens (including phenoxy) is 2. The van der Waals surface area contributed by atoms with Gasteiger partial charge in [-0.1, -0.05) is 43.0 Å². The molecule has 7 heteroatoms. The van der Waals surface area contributed by atoms with Crippen molar-refractivity contribution in [2.24, 2.45) is 5.92 Å². The van der Waals surface area contributed by atoms with Gasteiger partial charge in [-0.3, -0.25) is 14.4 Å². The van der Waals surface area contributed by atoms with Crippen molar-refractivity contribution in [1.82, 2.24) is 4.90 Å². The van der Waals surface area contributed by atoms with E-state index in [-0.39, 0.29) is 30.4 Å². The Balaban J connectivity index is 1.61. The molecule has 0 radical (unpaired) electrons. The van der Waals surface area contributed by atoms with E-state index in [0.717, 1.165) is 24.8 Å². The van der Waals surface area contributed by atoms with Gasteiger partial charge in [-0.25, -0.2) is 0 Å². The lowest BCUT2D eigenvalue weighted by Crippen LogP contribution is -2.44. The molecule has 0 aromatic heterocycles. The minimum atomic E-state index is -0.735. The predicted octanol–water partition coefficient (Wildman–Crippen LogP) is 3.50. The fourth-order valence-electron chi connectivity index (χ4n) is 4.44. The van der Waals surface area contributed by atoms with E-state index in [2.05, 4.69) is 0 Å². The van der Waals surface area contributed by atoms with Crippen LogP contribution in [0.1, 0.15) is 50.5 Å². The molecule has 2 aliphatic rings. The first-order valence-electron chi connectivity index (χ1n) is 10.2. The number of amides is 1. The predicted molar refractivity (Wildman–Crippen MR) is 108 cm³/mol. The van der Waals surface area contributed by atoms with Crippen LogP contribution in [0, 0.1) is 5.92 Å². The number of hydrogen-bond acceptors (Lipinski definition) is 5. The number of carbonyl (C=O) groups excluding carboxylic acids is 3. The van der Waals surface area contributed by atoms with Crippen molar-refractivity contribution in [2.75, 3.05) is 26.8 Å². The monoisotopic (exact) mass is 421 g/mol. The van der Waals surface area contributed by atoms with Gasteiger partial charge in [-0.05, 0) is 43.4 Å². The van der Waals surface area contributed by atoms with Crippen LogP contribution >= 0.6 is 11.6 Å². The first-order chi connectivity index (χ1) is 14.0. The average molecular weight is 422 g/mol. The molecule has 0 unspecified atom stereocenters. The first kappa shape index (κ1) is 21.6. The number of rotatable bonds is 5. The summed E-state index contributed by atoms with van der Waals surface area (Å²) in [5, 5.41) is 0.588. The lowest BCUT2D eigenvalue weighted by molar-refractivity contribution is -0.159. The van der Waals surface area contributed by atoms with Gasteiger partial charge < -0.3 is 14.4 Å². The molecule has 3 rings (SSSR count). The van der Waals surface area contributed by atoms with Crippen molar-refractivity contribution in [2.45, 2.75) is 50.4 Å². The summed E-state index contributed by atoms with van der Waals surface area (Å²) >= 11 is 6.16. The van der Waals surface area contributed by atoms with Crippen molar-refractivity contribution in [1.29, 1.82) is 0 Å². The van der Waals surface area contributed by atoms with Gasteiger partial charge in [-0.2, -0.15) is 0 Å². The third-order valence-electron chi connectivity index (χ3n) is 6.18. The van der Waals surface area contributed by atoms with E-state index in [1.165, 1.54) is 7.11 Å². The van der Waals surface area contributed by atoms with Crippen LogP contribution in [0.2, 0.25) is 5.02 Å². The molecular weight excluding hydrogens is 394 g/mol. The number of halogens is 1. The second-order valence-electron chi connectivity index (χ2n) is 7.91. The summed E-state index contributed by atoms with van der Waals surface area (Å²) < 4.78 is 10.3. The number of likely N-dealkylation sites (tertiary alicyclic amines) is 1. The largest absolute Gasteiger partial charge is 0.469 e. The summed E-state index contributed by atoms with van der Waals surface area (Å²) in [6.45, 7) is 0.662. The Hall–Kier alpha value is -2.08. The molecule has 0 N–H and O–H groups in total. The van der Waals surface area contributed by atoms with E-state index in [1.807, 2.05) is 18.2 Å². The van der Waals surface area contributed by atoms with Crippen LogP contribution in [0.25, 0.3) is 0 Å². The van der Waals surface area contributed by atoms with E-state index in [9.17, 15) is 14.4 Å². The number of piperidine rings is 1. The molecule has 1 aliphatic heterocycles. The number of carbonyl (C=O) groups is 3. The zero-order valence-corrected chi connectivity index (χ0v) is 17.6. The molecular formula is C22H28ClNO5. The van der Waals surface area contributed by atoms with Crippen LogP contribution in [0.4, 0.5) is 0 Å². The number of hydrogen-bond donors (Lipinski definition) is 0. The second kappa shape index (κ2) is 9.61. The smallest absolute Gasteiger partial charge is 0.317 e. The Kier molecular flexibility index (Phi) is 7.17. The highest BCUT2D eigenvalue weighted by atomic mass is 35.5. The fourth-order valence-corrected chi connectivity index (χ4v) is 4.63. The second-order valence-corrected chi connectivity index (χ2v) is 8.34. The molecule has 6 nitrogen and oxygen atoms in total. The lowest BCUT2D eigenvalue weighted by atomic mass is 9.69. The number of benzene rings is 1. The minimum Gasteiger partial charge on any atom is -0.469 e. The number of esters is 2. The Morgan fingerprint density at radius 1 is 1.14 bits per heavy atom. The molecule has 1 saturated heterocycles. The maximum absolute atomic E-state index is 13.1. The summed E-state index contributed by atoms with van der Waals surface area (Å²) in [5.41, 5.74) is 0.127. The third-order valence-corrected chi connectivity index (χ3v) is 6.42. The maximum atomic E-state index is 13.1. The molecule has 1 aliphatic carbocycles. The summed E-state index contributed by atoms with van der Waals surface area (Å²) in [4.78, 5) is 38.9. The molecule has 0 atom stereocenters. The Morgan fingerprint density at radius 2 is 1.83 bits per heavy atom. The Morgan fingerprint density at radius 3 is 2.45 bits per heavy atom. The van der Waals surface area contributed by atoms with Crippen LogP contribution in [0.5, 0.6) is 0 Å². The summed E-state index contributed by atoms with van der Waals surface area (Å²) in [6.07, 6.45) is 5.50. The van der Waals surface area contributed by atoms with Crippen LogP contribution in [0.3, 0.4) is 0 Å². The summed E-state index contributed by atoms with van der Waals surface area (Å²) in [7, 11) is 1.38. The zero-order chi connectivity index (χ0) is 20.9. The van der Waals surface area contributed by atoms with Crippen LogP contribution < -0.4 is 0 Å². The molecule has 1 saturated carbocycles. The van der Waals surface area contributed by atoms with Crippen LogP contribution in [0.15, 0.2) is 24.3 Å². The van der Waals surface area contributed by atoms with Gasteiger partial charge in [0.2, 0.25) is 0 Å². The van der Waals surface area contributed by atoms with E-state index in [4.69, 9.17) is 21.1 Å². The zero-order valence-electron chi connectivity index (χ0n) is 16.8. The van der Waals surface area contributed by atoms with Crippen molar-refractivity contribution in [3.63, 3.8) is 0 Å². The minimum absolute atomic E-state index is 0.167. The molecule has 0 spiro atoms. The van der Waals surface area contributed by atoms with Crippen molar-refractivity contribution in [3.8, 4) is 0 Å². The average Bonchev–Trinajstić information content (AvgIpc) is 2.77. The molecule has 1 heterocycles. The van der Waals surface area contributed by atoms with E-state index in [0.29, 0.717) is 43.8 Å². The Labute approximate surface area is 176 Å². The maximum Gasteiger partial charge on any atom is 0.317 e. The van der Waals surface area contributed by atoms with Gasteiger partial charge in [0, 0.05) is 18.1 Å². The molecule has 1 aromatic carbocycles. The van der Waals surface area contributed by atoms with Crippen LogP contribution in [-0.4, -0.2) is 49.6 Å². The standard InChI is InChI=1S/C22H28ClNO5/c1-28-20(26)16-8-12-24(13-9-16)19(25)15-29-21(27)22(10-3-2-4-11-22)17-6-5-7-18(23)14-17/h5-7,14,16H,2-4,8-13,15H2,1H3. The van der Waals surface area contributed by atoms with E-state index < -0.39 is 5.41 Å². The van der Waals surface area contributed by atoms with Gasteiger partial charge in [0.1, 0.15) is 0 Å². The highest BCUT2D eigenvalue weighted by Crippen LogP contribution is 2.41. The normalized spacial score (nSPS) is 19.4. The van der Waals surface area contributed by atoms with Gasteiger partial charge in [0.25, 0.3) is 5.91 Å². The number of nitrogens with zero attached hydrogens (tertiary/aromatic N) is 1. The first-order valence-corrected chi connectivity index (χ1v) is 10.6. The third kappa shape index (κ3) is 4.92. The summed E-state index contributed by atoms with van der Waals surface area (Å²) in [5.74, 6) is -0.972. The summed E-state index contributed by atoms with van der Waals surface area (Å²) in [6, 6.07) is 7.37. The van der Waals surface area contributed by atoms with E-state index >= 15 is 0 Å². The highest BCUT2D eigenvalue weighted by molar-refractivity contribution is 6.30. The quantitative estimate of drug-likeness (QED) is 0.680. The molecule has 1 aromatic rings. The fraction of sp³-hybridized carbons (Fsp3) is 0.591. The number of methoxy groups -OCH3 is 1. The molecule has 29 heavy (non-hydrogen) atoms. The van der Waals surface area contributed by atoms with Crippen molar-refractivity contribution >= 4 is 29.4 Å². The van der Waals surface area contributed by atoms with Gasteiger partial charge in [0.05, 0.1) is 18.4 Å². The SMILES string of the molecule is COC(=O)C1CCN(C(=O)COC(=O)C2(c3cccc(Cl)c3)CCCCC2)CC1. The van der Waals surface area contributed by atoms with Crippen LogP contribution in [-0.2, 0) is 29.3 Å². The molecule has 0 bridgehead atoms.